The number of carbonyl (C=O) groups excluding carboxylic acids is 1. The van der Waals surface area contributed by atoms with E-state index in [0.29, 0.717) is 27.6 Å². The highest BCUT2D eigenvalue weighted by molar-refractivity contribution is 6.30. The summed E-state index contributed by atoms with van der Waals surface area (Å²) in [6, 6.07) is 17.5. The third-order valence-electron chi connectivity index (χ3n) is 5.25. The molecule has 0 aliphatic heterocycles. The number of ether oxygens (including phenoxy) is 1. The third kappa shape index (κ3) is 5.68. The zero-order valence-corrected chi connectivity index (χ0v) is 19.6. The molecule has 2 heterocycles. The number of hydrogen-bond donors (Lipinski definition) is 0. The molecule has 6 nitrogen and oxygen atoms in total. The smallest absolute Gasteiger partial charge is 0.392 e. The van der Waals surface area contributed by atoms with E-state index in [2.05, 4.69) is 5.16 Å². The van der Waals surface area contributed by atoms with Gasteiger partial charge in [0.25, 0.3) is 0 Å². The second-order valence-corrected chi connectivity index (χ2v) is 8.41. The number of amides is 1. The van der Waals surface area contributed by atoms with Crippen LogP contribution in [-0.4, -0.2) is 27.8 Å². The number of benzene rings is 2. The summed E-state index contributed by atoms with van der Waals surface area (Å²) in [4.78, 5) is 14.2. The maximum Gasteiger partial charge on any atom is 0.431 e. The second kappa shape index (κ2) is 9.87. The number of aromatic nitrogens is 2. The molecule has 0 radical (unpaired) electrons. The zero-order valence-electron chi connectivity index (χ0n) is 18.8. The van der Waals surface area contributed by atoms with Gasteiger partial charge in [0.2, 0.25) is 5.88 Å². The van der Waals surface area contributed by atoms with Crippen molar-refractivity contribution in [3.63, 3.8) is 0 Å². The van der Waals surface area contributed by atoms with Gasteiger partial charge in [0.1, 0.15) is 17.1 Å². The average Bonchev–Trinajstić information content (AvgIpc) is 3.38. The molecular weight excluding hydrogens is 483 g/mol. The maximum absolute atomic E-state index is 14.1. The van der Waals surface area contributed by atoms with Crippen LogP contribution in [0.4, 0.5) is 18.0 Å². The van der Waals surface area contributed by atoms with Crippen LogP contribution in [-0.2, 0) is 19.3 Å². The molecule has 0 atom stereocenters. The fraction of sp³-hybridized carbons (Fsp3) is 0.200. The Morgan fingerprint density at radius 3 is 2.40 bits per heavy atom. The summed E-state index contributed by atoms with van der Waals surface area (Å²) in [5.41, 5.74) is 0.688. The molecular formula is C25H21ClF3N3O3. The van der Waals surface area contributed by atoms with Crippen LogP contribution in [0.15, 0.2) is 71.3 Å². The quantitative estimate of drug-likeness (QED) is 0.290. The molecule has 0 saturated carbocycles. The summed E-state index contributed by atoms with van der Waals surface area (Å²) in [5.74, 6) is 0.343. The van der Waals surface area contributed by atoms with E-state index in [1.54, 1.807) is 67.6 Å². The average molecular weight is 504 g/mol. The van der Waals surface area contributed by atoms with Gasteiger partial charge in [0, 0.05) is 23.7 Å². The molecule has 0 saturated heterocycles. The van der Waals surface area contributed by atoms with Gasteiger partial charge in [0.05, 0.1) is 13.1 Å². The molecule has 0 aliphatic rings. The molecule has 35 heavy (non-hydrogen) atoms. The van der Waals surface area contributed by atoms with Gasteiger partial charge in [-0.1, -0.05) is 59.2 Å². The topological polar surface area (TPSA) is 60.5 Å². The van der Waals surface area contributed by atoms with Gasteiger partial charge in [-0.25, -0.2) is 4.79 Å². The lowest BCUT2D eigenvalue weighted by atomic mass is 10.1. The number of nitrogens with zero attached hydrogens (tertiary/aromatic N) is 3. The van der Waals surface area contributed by atoms with Crippen molar-refractivity contribution in [3.05, 3.63) is 94.5 Å². The van der Waals surface area contributed by atoms with E-state index in [1.165, 1.54) is 11.9 Å². The Kier molecular flexibility index (Phi) is 6.88. The minimum atomic E-state index is -4.69. The SMILES string of the molecule is Cc1cc(CN(C)C(=O)Oc2c(-c3ccc(Cl)cc3)cc(C(F)(F)F)n2Cc2ccccc2)no1. The van der Waals surface area contributed by atoms with Gasteiger partial charge in [-0.15, -0.1) is 0 Å². The Hall–Kier alpha value is -3.72. The molecule has 0 N–H and O–H groups in total. The van der Waals surface area contributed by atoms with Crippen LogP contribution in [0.2, 0.25) is 5.02 Å². The number of hydrogen-bond acceptors (Lipinski definition) is 4. The van der Waals surface area contributed by atoms with Gasteiger partial charge >= 0.3 is 12.3 Å². The third-order valence-corrected chi connectivity index (χ3v) is 5.50. The molecule has 4 rings (SSSR count). The molecule has 182 valence electrons. The Labute approximate surface area is 204 Å². The first kappa shape index (κ1) is 24.4. The molecule has 4 aromatic rings. The number of halogens is 4. The van der Waals surface area contributed by atoms with Crippen molar-refractivity contribution in [2.75, 3.05) is 7.05 Å². The predicted octanol–water partition coefficient (Wildman–Crippen LogP) is 6.80. The molecule has 0 aliphatic carbocycles. The summed E-state index contributed by atoms with van der Waals surface area (Å²) in [7, 11) is 1.46. The van der Waals surface area contributed by atoms with E-state index in [1.807, 2.05) is 0 Å². The fourth-order valence-electron chi connectivity index (χ4n) is 3.60. The highest BCUT2D eigenvalue weighted by Crippen LogP contribution is 2.41. The highest BCUT2D eigenvalue weighted by atomic mass is 35.5. The first-order valence-electron chi connectivity index (χ1n) is 10.6. The van der Waals surface area contributed by atoms with Gasteiger partial charge in [-0.3, -0.25) is 0 Å². The van der Waals surface area contributed by atoms with Gasteiger partial charge in [0.15, 0.2) is 0 Å². The molecule has 10 heteroatoms. The van der Waals surface area contributed by atoms with Crippen LogP contribution in [0.3, 0.4) is 0 Å². The number of rotatable bonds is 6. The van der Waals surface area contributed by atoms with Crippen molar-refractivity contribution in [1.29, 1.82) is 0 Å². The Morgan fingerprint density at radius 1 is 1.11 bits per heavy atom. The lowest BCUT2D eigenvalue weighted by Gasteiger charge is -2.19. The lowest BCUT2D eigenvalue weighted by Crippen LogP contribution is -2.30. The Balaban J connectivity index is 1.77. The van der Waals surface area contributed by atoms with E-state index in [4.69, 9.17) is 20.9 Å². The standard InChI is InChI=1S/C25H21ClF3N3O3/c1-16-12-20(30-35-16)15-31(2)24(33)34-23-21(18-8-10-19(26)11-9-18)13-22(25(27,28)29)32(23)14-17-6-4-3-5-7-17/h3-13H,14-15H2,1-2H3. The normalized spacial score (nSPS) is 11.5. The summed E-state index contributed by atoms with van der Waals surface area (Å²) in [6.07, 6.45) is -5.54. The maximum atomic E-state index is 14.1. The molecule has 0 spiro atoms. The van der Waals surface area contributed by atoms with Gasteiger partial charge < -0.3 is 18.7 Å². The number of aryl methyl sites for hydroxylation is 1. The summed E-state index contributed by atoms with van der Waals surface area (Å²) in [6.45, 7) is 1.61. The molecule has 0 unspecified atom stereocenters. The Bertz CT molecular complexity index is 1320. The monoisotopic (exact) mass is 503 g/mol. The first-order chi connectivity index (χ1) is 16.6. The first-order valence-corrected chi connectivity index (χ1v) is 11.0. The van der Waals surface area contributed by atoms with Gasteiger partial charge in [-0.05, 0) is 36.2 Å². The van der Waals surface area contributed by atoms with Crippen molar-refractivity contribution in [2.45, 2.75) is 26.2 Å². The van der Waals surface area contributed by atoms with Crippen LogP contribution in [0, 0.1) is 6.92 Å². The van der Waals surface area contributed by atoms with E-state index in [-0.39, 0.29) is 24.5 Å². The molecule has 0 fully saturated rings. The van der Waals surface area contributed by atoms with Crippen molar-refractivity contribution < 1.29 is 27.2 Å². The molecule has 2 aromatic carbocycles. The van der Waals surface area contributed by atoms with Crippen LogP contribution in [0.5, 0.6) is 5.88 Å². The van der Waals surface area contributed by atoms with Crippen LogP contribution in [0.25, 0.3) is 11.1 Å². The van der Waals surface area contributed by atoms with Crippen molar-refractivity contribution in [1.82, 2.24) is 14.6 Å². The largest absolute Gasteiger partial charge is 0.431 e. The molecule has 1 amide bonds. The summed E-state index contributed by atoms with van der Waals surface area (Å²) >= 11 is 5.97. The van der Waals surface area contributed by atoms with Crippen LogP contribution < -0.4 is 4.74 Å². The summed E-state index contributed by atoms with van der Waals surface area (Å²) in [5, 5.41) is 4.26. The molecule has 0 bridgehead atoms. The minimum Gasteiger partial charge on any atom is -0.392 e. The zero-order chi connectivity index (χ0) is 25.2. The van der Waals surface area contributed by atoms with E-state index in [0.717, 1.165) is 10.6 Å². The fourth-order valence-corrected chi connectivity index (χ4v) is 3.72. The van der Waals surface area contributed by atoms with E-state index >= 15 is 0 Å². The lowest BCUT2D eigenvalue weighted by molar-refractivity contribution is -0.143. The van der Waals surface area contributed by atoms with Gasteiger partial charge in [-0.2, -0.15) is 13.2 Å². The number of alkyl halides is 3. The van der Waals surface area contributed by atoms with Crippen molar-refractivity contribution in [2.24, 2.45) is 0 Å². The van der Waals surface area contributed by atoms with Crippen LogP contribution in [0.1, 0.15) is 22.7 Å². The van der Waals surface area contributed by atoms with Crippen molar-refractivity contribution in [3.8, 4) is 17.0 Å². The van der Waals surface area contributed by atoms with Crippen LogP contribution >= 0.6 is 11.6 Å². The van der Waals surface area contributed by atoms with Crippen molar-refractivity contribution >= 4 is 17.7 Å². The minimum absolute atomic E-state index is 0.0535. The number of carbonyl (C=O) groups is 1. The highest BCUT2D eigenvalue weighted by Gasteiger charge is 2.38. The molecule has 2 aromatic heterocycles. The van der Waals surface area contributed by atoms with E-state index < -0.39 is 18.0 Å². The second-order valence-electron chi connectivity index (χ2n) is 7.98. The summed E-state index contributed by atoms with van der Waals surface area (Å²) < 4.78 is 53.9. The van der Waals surface area contributed by atoms with E-state index in [9.17, 15) is 18.0 Å². The predicted molar refractivity (Wildman–Crippen MR) is 124 cm³/mol. The Morgan fingerprint density at radius 2 is 1.80 bits per heavy atom.